The summed E-state index contributed by atoms with van der Waals surface area (Å²) in [4.78, 5) is 12.5. The molecule has 0 saturated heterocycles. The zero-order valence-electron chi connectivity index (χ0n) is 19.6. The Balaban J connectivity index is 1.82. The van der Waals surface area contributed by atoms with Crippen LogP contribution in [0.5, 0.6) is 23.0 Å². The summed E-state index contributed by atoms with van der Waals surface area (Å²) in [5, 5.41) is 2.86. The molecule has 0 heterocycles. The Bertz CT molecular complexity index is 1190. The Morgan fingerprint density at radius 1 is 0.765 bits per heavy atom. The lowest BCUT2D eigenvalue weighted by atomic mass is 10.1. The van der Waals surface area contributed by atoms with Crippen LogP contribution < -0.4 is 30.0 Å². The molecule has 0 aliphatic rings. The van der Waals surface area contributed by atoms with E-state index in [0.717, 1.165) is 16.7 Å². The van der Waals surface area contributed by atoms with Crippen LogP contribution in [0, 0.1) is 0 Å². The molecule has 3 rings (SSSR count). The van der Waals surface area contributed by atoms with Crippen LogP contribution in [-0.2, 0) is 4.79 Å². The van der Waals surface area contributed by atoms with E-state index in [1.807, 2.05) is 54.6 Å². The molecule has 0 spiro atoms. The maximum Gasteiger partial charge on any atom is 0.248 e. The molecule has 0 radical (unpaired) electrons. The van der Waals surface area contributed by atoms with Crippen LogP contribution in [0.1, 0.15) is 16.7 Å². The minimum absolute atomic E-state index is 0.299. The lowest BCUT2D eigenvalue weighted by molar-refractivity contribution is -0.111. The molecule has 0 aliphatic heterocycles. The Labute approximate surface area is 199 Å². The van der Waals surface area contributed by atoms with Crippen LogP contribution in [0.15, 0.2) is 60.7 Å². The van der Waals surface area contributed by atoms with E-state index in [1.165, 1.54) is 6.08 Å². The Kier molecular flexibility index (Phi) is 8.18. The first-order valence-corrected chi connectivity index (χ1v) is 10.5. The highest BCUT2D eigenvalue weighted by Crippen LogP contribution is 2.38. The van der Waals surface area contributed by atoms with Crippen molar-refractivity contribution in [2.45, 2.75) is 0 Å². The number of methoxy groups -OCH3 is 4. The lowest BCUT2D eigenvalue weighted by Crippen LogP contribution is -2.09. The molecule has 0 aliphatic carbocycles. The normalized spacial score (nSPS) is 10.9. The molecule has 0 saturated carbocycles. The van der Waals surface area contributed by atoms with Gasteiger partial charge in [-0.25, -0.2) is 0 Å². The average Bonchev–Trinajstić information content (AvgIpc) is 2.86. The van der Waals surface area contributed by atoms with Crippen LogP contribution in [0.4, 0.5) is 11.4 Å². The van der Waals surface area contributed by atoms with Crippen LogP contribution in [0.25, 0.3) is 18.2 Å². The fourth-order valence-corrected chi connectivity index (χ4v) is 3.32. The molecule has 0 atom stereocenters. The summed E-state index contributed by atoms with van der Waals surface area (Å²) in [6, 6.07) is 16.5. The second-order valence-corrected chi connectivity index (χ2v) is 7.20. The Hall–Kier alpha value is -4.39. The fraction of sp³-hybridized carbons (Fsp3) is 0.148. The quantitative estimate of drug-likeness (QED) is 0.261. The van der Waals surface area contributed by atoms with Crippen molar-refractivity contribution in [2.75, 3.05) is 39.5 Å². The van der Waals surface area contributed by atoms with Crippen molar-refractivity contribution in [2.24, 2.45) is 0 Å². The second-order valence-electron chi connectivity index (χ2n) is 7.20. The van der Waals surface area contributed by atoms with Crippen molar-refractivity contribution >= 4 is 35.5 Å². The number of benzene rings is 3. The number of carbonyl (C=O) groups excluding carboxylic acids is 1. The van der Waals surface area contributed by atoms with Gasteiger partial charge in [0.25, 0.3) is 0 Å². The highest BCUT2D eigenvalue weighted by Gasteiger charge is 2.12. The van der Waals surface area contributed by atoms with E-state index in [1.54, 1.807) is 46.6 Å². The average molecular weight is 461 g/mol. The van der Waals surface area contributed by atoms with Crippen molar-refractivity contribution < 1.29 is 23.7 Å². The van der Waals surface area contributed by atoms with Gasteiger partial charge in [-0.2, -0.15) is 0 Å². The molecular formula is C27H28N2O5. The van der Waals surface area contributed by atoms with E-state index >= 15 is 0 Å². The van der Waals surface area contributed by atoms with E-state index in [-0.39, 0.29) is 5.91 Å². The van der Waals surface area contributed by atoms with E-state index in [9.17, 15) is 4.79 Å². The van der Waals surface area contributed by atoms with Gasteiger partial charge in [0.2, 0.25) is 11.7 Å². The molecule has 7 nitrogen and oxygen atoms in total. The Morgan fingerprint density at radius 2 is 1.41 bits per heavy atom. The molecule has 7 heteroatoms. The zero-order chi connectivity index (χ0) is 24.5. The monoisotopic (exact) mass is 460 g/mol. The number of nitrogens with two attached hydrogens (primary N) is 1. The molecule has 34 heavy (non-hydrogen) atoms. The lowest BCUT2D eigenvalue weighted by Gasteiger charge is -2.13. The van der Waals surface area contributed by atoms with E-state index in [2.05, 4.69) is 5.32 Å². The third-order valence-electron chi connectivity index (χ3n) is 5.05. The summed E-state index contributed by atoms with van der Waals surface area (Å²) in [7, 11) is 6.26. The maximum absolute atomic E-state index is 12.5. The molecule has 3 N–H and O–H groups in total. The number of carbonyl (C=O) groups is 1. The maximum atomic E-state index is 12.5. The molecule has 3 aromatic carbocycles. The van der Waals surface area contributed by atoms with Crippen molar-refractivity contribution in [3.8, 4) is 23.0 Å². The van der Waals surface area contributed by atoms with Gasteiger partial charge >= 0.3 is 0 Å². The van der Waals surface area contributed by atoms with Gasteiger partial charge in [-0.1, -0.05) is 36.4 Å². The fourth-order valence-electron chi connectivity index (χ4n) is 3.32. The first kappa shape index (κ1) is 24.3. The third kappa shape index (κ3) is 5.89. The summed E-state index contributed by atoms with van der Waals surface area (Å²) < 4.78 is 21.6. The molecule has 0 fully saturated rings. The van der Waals surface area contributed by atoms with Crippen molar-refractivity contribution in [3.05, 3.63) is 77.4 Å². The number of anilines is 2. The van der Waals surface area contributed by atoms with Crippen LogP contribution in [-0.4, -0.2) is 34.3 Å². The van der Waals surface area contributed by atoms with Gasteiger partial charge in [0.1, 0.15) is 5.75 Å². The molecule has 0 unspecified atom stereocenters. The number of para-hydroxylation sites is 1. The number of amides is 1. The minimum atomic E-state index is -0.299. The van der Waals surface area contributed by atoms with Gasteiger partial charge in [-0.15, -0.1) is 0 Å². The SMILES string of the molecule is COc1ccc(/C=C/c2cc(OC)c(OC)c(OC)c2)cc1NC(=O)/C=C/c1ccccc1N. The van der Waals surface area contributed by atoms with Crippen LogP contribution in [0.2, 0.25) is 0 Å². The van der Waals surface area contributed by atoms with Gasteiger partial charge in [0.05, 0.1) is 34.1 Å². The summed E-state index contributed by atoms with van der Waals surface area (Å²) in [5.41, 5.74) is 9.56. The molecule has 3 aromatic rings. The summed E-state index contributed by atoms with van der Waals surface area (Å²) in [5.74, 6) is 1.91. The van der Waals surface area contributed by atoms with Gasteiger partial charge < -0.3 is 30.0 Å². The van der Waals surface area contributed by atoms with Crippen molar-refractivity contribution in [1.29, 1.82) is 0 Å². The number of hydrogen-bond acceptors (Lipinski definition) is 6. The molecular weight excluding hydrogens is 432 g/mol. The second kappa shape index (κ2) is 11.5. The largest absolute Gasteiger partial charge is 0.495 e. The summed E-state index contributed by atoms with van der Waals surface area (Å²) in [6.07, 6.45) is 6.93. The third-order valence-corrected chi connectivity index (χ3v) is 5.05. The van der Waals surface area contributed by atoms with Crippen LogP contribution in [0.3, 0.4) is 0 Å². The zero-order valence-corrected chi connectivity index (χ0v) is 19.6. The number of nitrogen functional groups attached to an aromatic ring is 1. The highest BCUT2D eigenvalue weighted by atomic mass is 16.5. The molecule has 0 bridgehead atoms. The van der Waals surface area contributed by atoms with Gasteiger partial charge in [0.15, 0.2) is 11.5 Å². The number of ether oxygens (including phenoxy) is 4. The number of rotatable bonds is 9. The number of hydrogen-bond donors (Lipinski definition) is 2. The topological polar surface area (TPSA) is 92.0 Å². The summed E-state index contributed by atoms with van der Waals surface area (Å²) >= 11 is 0. The standard InChI is InChI=1S/C27H28N2O5/c1-31-23-13-11-18(9-10-19-16-24(32-2)27(34-4)25(17-19)33-3)15-22(23)29-26(30)14-12-20-7-5-6-8-21(20)28/h5-17H,28H2,1-4H3,(H,29,30)/b10-9+,14-12+. The first-order chi connectivity index (χ1) is 16.5. The summed E-state index contributed by atoms with van der Waals surface area (Å²) in [6.45, 7) is 0. The molecule has 176 valence electrons. The van der Waals surface area contributed by atoms with E-state index in [4.69, 9.17) is 24.7 Å². The van der Waals surface area contributed by atoms with Gasteiger partial charge in [-0.3, -0.25) is 4.79 Å². The van der Waals surface area contributed by atoms with Gasteiger partial charge in [0, 0.05) is 11.8 Å². The van der Waals surface area contributed by atoms with E-state index < -0.39 is 0 Å². The predicted octanol–water partition coefficient (Wildman–Crippen LogP) is 5.13. The van der Waals surface area contributed by atoms with E-state index in [0.29, 0.717) is 34.4 Å². The van der Waals surface area contributed by atoms with Crippen molar-refractivity contribution in [3.63, 3.8) is 0 Å². The van der Waals surface area contributed by atoms with Gasteiger partial charge in [-0.05, 0) is 53.1 Å². The molecule has 1 amide bonds. The smallest absolute Gasteiger partial charge is 0.248 e. The Morgan fingerprint density at radius 3 is 2.03 bits per heavy atom. The van der Waals surface area contributed by atoms with Crippen LogP contribution >= 0.6 is 0 Å². The molecule has 0 aromatic heterocycles. The first-order valence-electron chi connectivity index (χ1n) is 10.5. The highest BCUT2D eigenvalue weighted by molar-refractivity contribution is 6.03. The number of nitrogens with one attached hydrogen (secondary N) is 1. The minimum Gasteiger partial charge on any atom is -0.495 e. The predicted molar refractivity (Wildman–Crippen MR) is 137 cm³/mol. The van der Waals surface area contributed by atoms with Crippen molar-refractivity contribution in [1.82, 2.24) is 0 Å².